The van der Waals surface area contributed by atoms with Crippen LogP contribution in [-0.2, 0) is 16.6 Å². The van der Waals surface area contributed by atoms with E-state index in [1.807, 2.05) is 0 Å². The summed E-state index contributed by atoms with van der Waals surface area (Å²) in [5, 5.41) is 9.36. The summed E-state index contributed by atoms with van der Waals surface area (Å²) < 4.78 is 33.5. The molecule has 0 amide bonds. The van der Waals surface area contributed by atoms with E-state index in [0.29, 0.717) is 11.3 Å². The number of anilines is 1. The van der Waals surface area contributed by atoms with Gasteiger partial charge in [0.1, 0.15) is 22.2 Å². The fraction of sp³-hybridized carbons (Fsp3) is 0.308. The Morgan fingerprint density at radius 2 is 2.00 bits per heavy atom. The number of hydrogen-bond donors (Lipinski definition) is 2. The highest BCUT2D eigenvalue weighted by Crippen LogP contribution is 2.29. The molecule has 8 heteroatoms. The Hall–Kier alpha value is -1.38. The first kappa shape index (κ1) is 16.0. The van der Waals surface area contributed by atoms with Crippen molar-refractivity contribution in [1.29, 1.82) is 0 Å². The van der Waals surface area contributed by atoms with E-state index in [4.69, 9.17) is 4.42 Å². The van der Waals surface area contributed by atoms with Crippen molar-refractivity contribution in [2.45, 2.75) is 32.3 Å². The first-order valence-corrected chi connectivity index (χ1v) is 8.38. The first-order chi connectivity index (χ1) is 9.76. The molecule has 2 heterocycles. The number of pyridine rings is 1. The third kappa shape index (κ3) is 3.12. The highest BCUT2D eigenvalue weighted by atomic mass is 79.9. The van der Waals surface area contributed by atoms with Crippen molar-refractivity contribution in [2.24, 2.45) is 0 Å². The molecule has 0 bridgehead atoms. The number of aliphatic hydroxyl groups is 1. The molecule has 0 radical (unpaired) electrons. The lowest BCUT2D eigenvalue weighted by Gasteiger charge is -2.10. The number of aryl methyl sites for hydroxylation is 3. The standard InChI is InChI=1S/C13H15BrN2O4S/c1-7-4-10(14)5-15-13(7)16-21(18,19)12-9(3)20-8(2)11(12)6-17/h4-5,17H,6H2,1-3H3,(H,15,16). The van der Waals surface area contributed by atoms with E-state index in [0.717, 1.165) is 4.47 Å². The Morgan fingerprint density at radius 1 is 1.33 bits per heavy atom. The molecule has 2 rings (SSSR count). The number of halogens is 1. The van der Waals surface area contributed by atoms with Gasteiger partial charge in [0.2, 0.25) is 0 Å². The van der Waals surface area contributed by atoms with Gasteiger partial charge >= 0.3 is 0 Å². The van der Waals surface area contributed by atoms with E-state index in [1.54, 1.807) is 26.8 Å². The molecular weight excluding hydrogens is 360 g/mol. The predicted molar refractivity (Wildman–Crippen MR) is 81.6 cm³/mol. The van der Waals surface area contributed by atoms with Gasteiger partial charge in [0, 0.05) is 16.2 Å². The minimum Gasteiger partial charge on any atom is -0.465 e. The van der Waals surface area contributed by atoms with Crippen LogP contribution >= 0.6 is 15.9 Å². The van der Waals surface area contributed by atoms with E-state index in [2.05, 4.69) is 25.6 Å². The zero-order valence-electron chi connectivity index (χ0n) is 11.8. The van der Waals surface area contributed by atoms with Gasteiger partial charge in [-0.2, -0.15) is 0 Å². The van der Waals surface area contributed by atoms with E-state index in [-0.39, 0.29) is 22.0 Å². The minimum atomic E-state index is -3.88. The van der Waals surface area contributed by atoms with Gasteiger partial charge in [-0.1, -0.05) is 0 Å². The molecule has 0 saturated carbocycles. The van der Waals surface area contributed by atoms with Crippen LogP contribution in [0.3, 0.4) is 0 Å². The highest BCUT2D eigenvalue weighted by Gasteiger charge is 2.27. The molecule has 0 unspecified atom stereocenters. The summed E-state index contributed by atoms with van der Waals surface area (Å²) >= 11 is 3.27. The molecular formula is C13H15BrN2O4S. The molecule has 0 aromatic carbocycles. The number of hydrogen-bond acceptors (Lipinski definition) is 5. The Labute approximate surface area is 131 Å². The molecule has 0 aliphatic rings. The number of aliphatic hydroxyl groups excluding tert-OH is 1. The van der Waals surface area contributed by atoms with E-state index in [1.165, 1.54) is 6.20 Å². The fourth-order valence-electron chi connectivity index (χ4n) is 2.07. The van der Waals surface area contributed by atoms with Crippen molar-refractivity contribution in [3.63, 3.8) is 0 Å². The third-order valence-electron chi connectivity index (χ3n) is 3.03. The number of aromatic nitrogens is 1. The van der Waals surface area contributed by atoms with Crippen LogP contribution in [0, 0.1) is 20.8 Å². The van der Waals surface area contributed by atoms with Crippen molar-refractivity contribution in [2.75, 3.05) is 4.72 Å². The maximum atomic E-state index is 12.5. The lowest BCUT2D eigenvalue weighted by atomic mass is 10.2. The Bertz CT molecular complexity index is 784. The number of furan rings is 1. The summed E-state index contributed by atoms with van der Waals surface area (Å²) in [5.74, 6) is 0.856. The largest absolute Gasteiger partial charge is 0.465 e. The average Bonchev–Trinajstić information content (AvgIpc) is 2.67. The molecule has 2 aromatic heterocycles. The summed E-state index contributed by atoms with van der Waals surface area (Å²) in [6.07, 6.45) is 1.51. The molecule has 0 spiro atoms. The maximum Gasteiger partial charge on any atom is 0.266 e. The second-order valence-electron chi connectivity index (χ2n) is 4.60. The molecule has 0 saturated heterocycles. The van der Waals surface area contributed by atoms with Gasteiger partial charge in [-0.3, -0.25) is 4.72 Å². The van der Waals surface area contributed by atoms with E-state index >= 15 is 0 Å². The molecule has 0 aliphatic heterocycles. The summed E-state index contributed by atoms with van der Waals surface area (Å²) in [4.78, 5) is 4.01. The predicted octanol–water partition coefficient (Wildman–Crippen LogP) is 2.66. The van der Waals surface area contributed by atoms with Crippen LogP contribution < -0.4 is 4.72 Å². The van der Waals surface area contributed by atoms with Crippen LogP contribution in [-0.4, -0.2) is 18.5 Å². The second kappa shape index (κ2) is 5.78. The lowest BCUT2D eigenvalue weighted by molar-refractivity contribution is 0.276. The molecule has 0 fully saturated rings. The number of nitrogens with one attached hydrogen (secondary N) is 1. The maximum absolute atomic E-state index is 12.5. The summed E-state index contributed by atoms with van der Waals surface area (Å²) in [7, 11) is -3.88. The SMILES string of the molecule is Cc1cc(Br)cnc1NS(=O)(=O)c1c(C)oc(C)c1CO. The fourth-order valence-corrected chi connectivity index (χ4v) is 4.04. The smallest absolute Gasteiger partial charge is 0.266 e. The van der Waals surface area contributed by atoms with Crippen molar-refractivity contribution in [3.8, 4) is 0 Å². The van der Waals surface area contributed by atoms with E-state index in [9.17, 15) is 13.5 Å². The molecule has 6 nitrogen and oxygen atoms in total. The van der Waals surface area contributed by atoms with Crippen molar-refractivity contribution >= 4 is 31.8 Å². The number of sulfonamides is 1. The molecule has 114 valence electrons. The van der Waals surface area contributed by atoms with Gasteiger partial charge in [-0.25, -0.2) is 13.4 Å². The topological polar surface area (TPSA) is 92.4 Å². The third-order valence-corrected chi connectivity index (χ3v) is 4.99. The molecule has 2 N–H and O–H groups in total. The van der Waals surface area contributed by atoms with Crippen LogP contribution in [0.15, 0.2) is 26.0 Å². The summed E-state index contributed by atoms with van der Waals surface area (Å²) in [6, 6.07) is 1.76. The molecule has 0 atom stereocenters. The summed E-state index contributed by atoms with van der Waals surface area (Å²) in [6.45, 7) is 4.49. The number of nitrogens with zero attached hydrogens (tertiary/aromatic N) is 1. The van der Waals surface area contributed by atoms with Crippen LogP contribution in [0.2, 0.25) is 0 Å². The summed E-state index contributed by atoms with van der Waals surface area (Å²) in [5.41, 5.74) is 0.936. The van der Waals surface area contributed by atoms with Gasteiger partial charge in [0.05, 0.1) is 6.61 Å². The number of rotatable bonds is 4. The molecule has 2 aromatic rings. The monoisotopic (exact) mass is 374 g/mol. The van der Waals surface area contributed by atoms with Crippen molar-refractivity contribution < 1.29 is 17.9 Å². The van der Waals surface area contributed by atoms with Crippen molar-refractivity contribution in [1.82, 2.24) is 4.98 Å². The normalized spacial score (nSPS) is 11.7. The van der Waals surface area contributed by atoms with Gasteiger partial charge < -0.3 is 9.52 Å². The van der Waals surface area contributed by atoms with Gasteiger partial charge in [0.25, 0.3) is 10.0 Å². The Morgan fingerprint density at radius 3 is 2.57 bits per heavy atom. The molecule has 0 aliphatic carbocycles. The zero-order valence-corrected chi connectivity index (χ0v) is 14.2. The van der Waals surface area contributed by atoms with Crippen LogP contribution in [0.5, 0.6) is 0 Å². The Kier molecular flexibility index (Phi) is 4.40. The van der Waals surface area contributed by atoms with Crippen LogP contribution in [0.25, 0.3) is 0 Å². The van der Waals surface area contributed by atoms with Crippen LogP contribution in [0.4, 0.5) is 5.82 Å². The first-order valence-electron chi connectivity index (χ1n) is 6.11. The lowest BCUT2D eigenvalue weighted by Crippen LogP contribution is -2.16. The average molecular weight is 375 g/mol. The second-order valence-corrected chi connectivity index (χ2v) is 7.14. The quantitative estimate of drug-likeness (QED) is 0.857. The minimum absolute atomic E-state index is 0.0355. The van der Waals surface area contributed by atoms with Crippen LogP contribution in [0.1, 0.15) is 22.6 Å². The van der Waals surface area contributed by atoms with Gasteiger partial charge in [-0.05, 0) is 48.3 Å². The molecule has 21 heavy (non-hydrogen) atoms. The van der Waals surface area contributed by atoms with E-state index < -0.39 is 16.6 Å². The zero-order chi connectivity index (χ0) is 15.8. The van der Waals surface area contributed by atoms with Crippen molar-refractivity contribution in [3.05, 3.63) is 39.4 Å². The van der Waals surface area contributed by atoms with Gasteiger partial charge in [0.15, 0.2) is 0 Å². The van der Waals surface area contributed by atoms with Gasteiger partial charge in [-0.15, -0.1) is 0 Å². The highest BCUT2D eigenvalue weighted by molar-refractivity contribution is 9.10. The Balaban J connectivity index is 2.48.